The van der Waals surface area contributed by atoms with Gasteiger partial charge in [0.1, 0.15) is 5.00 Å². The molecule has 0 saturated carbocycles. The van der Waals surface area contributed by atoms with E-state index < -0.39 is 17.2 Å². The van der Waals surface area contributed by atoms with Crippen molar-refractivity contribution in [2.75, 3.05) is 23.8 Å². The van der Waals surface area contributed by atoms with Gasteiger partial charge in [0, 0.05) is 41.8 Å². The van der Waals surface area contributed by atoms with Gasteiger partial charge in [-0.3, -0.25) is 4.79 Å². The van der Waals surface area contributed by atoms with Crippen molar-refractivity contribution in [2.45, 2.75) is 64.2 Å². The topological polar surface area (TPSA) is 96.9 Å². The molecule has 1 aromatic heterocycles. The third kappa shape index (κ3) is 4.67. The molecule has 0 spiro atoms. The van der Waals surface area contributed by atoms with Crippen LogP contribution in [0.1, 0.15) is 71.7 Å². The number of carboxylic acid groups (broad SMARTS) is 1. The predicted octanol–water partition coefficient (Wildman–Crippen LogP) is 4.88. The van der Waals surface area contributed by atoms with Crippen LogP contribution < -0.4 is 10.6 Å². The van der Waals surface area contributed by atoms with Crippen molar-refractivity contribution in [1.82, 2.24) is 0 Å². The molecule has 2 aliphatic rings. The van der Waals surface area contributed by atoms with E-state index in [9.17, 15) is 14.7 Å². The number of ether oxygens (including phenoxy) is 2. The lowest BCUT2D eigenvalue weighted by Gasteiger charge is -2.41. The fraction of sp³-hybridized carbons (Fsp3) is 0.500. The van der Waals surface area contributed by atoms with Gasteiger partial charge in [0.25, 0.3) is 5.91 Å². The lowest BCUT2D eigenvalue weighted by atomic mass is 9.86. The highest BCUT2D eigenvalue weighted by molar-refractivity contribution is 7.17. The van der Waals surface area contributed by atoms with E-state index in [2.05, 4.69) is 10.6 Å². The summed E-state index contributed by atoms with van der Waals surface area (Å²) in [6, 6.07) is 7.62. The number of benzene rings is 1. The first-order valence-electron chi connectivity index (χ1n) is 10.9. The molecule has 0 aliphatic carbocycles. The van der Waals surface area contributed by atoms with Crippen molar-refractivity contribution < 1.29 is 24.2 Å². The molecular formula is C24H30N2O5S. The zero-order valence-corrected chi connectivity index (χ0v) is 19.7. The largest absolute Gasteiger partial charge is 0.478 e. The van der Waals surface area contributed by atoms with E-state index >= 15 is 0 Å². The third-order valence-electron chi connectivity index (χ3n) is 5.87. The molecule has 0 radical (unpaired) electrons. The van der Waals surface area contributed by atoms with E-state index in [0.29, 0.717) is 23.0 Å². The molecule has 3 N–H and O–H groups in total. The van der Waals surface area contributed by atoms with E-state index in [1.54, 1.807) is 12.1 Å². The zero-order chi connectivity index (χ0) is 23.1. The van der Waals surface area contributed by atoms with Gasteiger partial charge in [0.05, 0.1) is 16.8 Å². The van der Waals surface area contributed by atoms with Crippen LogP contribution in [0.25, 0.3) is 0 Å². The van der Waals surface area contributed by atoms with E-state index in [1.807, 2.05) is 39.8 Å². The standard InChI is InChI=1S/C24H30N2O5S/c1-23(2)13-17-18(22(28)29)21(32-19(17)24(3,4)31-23)26-20(27)14-5-7-15(8-6-14)25-16-9-11-30-12-10-16/h5-8,16,25H,9-13H2,1-4H3,(H,26,27)(H,28,29). The number of carboxylic acids is 1. The van der Waals surface area contributed by atoms with Crippen LogP contribution >= 0.6 is 11.3 Å². The van der Waals surface area contributed by atoms with Gasteiger partial charge in [-0.15, -0.1) is 11.3 Å². The molecule has 8 heteroatoms. The molecule has 1 amide bonds. The van der Waals surface area contributed by atoms with Gasteiger partial charge in [-0.05, 0) is 70.4 Å². The monoisotopic (exact) mass is 458 g/mol. The normalized spacial score (nSPS) is 19.8. The Morgan fingerprint density at radius 1 is 1.09 bits per heavy atom. The molecule has 0 bridgehead atoms. The molecule has 0 atom stereocenters. The van der Waals surface area contributed by atoms with Crippen molar-refractivity contribution in [2.24, 2.45) is 0 Å². The number of thiophene rings is 1. The summed E-state index contributed by atoms with van der Waals surface area (Å²) in [4.78, 5) is 25.9. The fourth-order valence-electron chi connectivity index (χ4n) is 4.60. The first-order chi connectivity index (χ1) is 15.1. The SMILES string of the molecule is CC1(C)Cc2c(sc(NC(=O)c3ccc(NC4CCOCC4)cc3)c2C(=O)O)C(C)(C)O1. The summed E-state index contributed by atoms with van der Waals surface area (Å²) in [5.74, 6) is -1.37. The molecule has 0 unspecified atom stereocenters. The second kappa shape index (κ2) is 8.50. The molecule has 7 nitrogen and oxygen atoms in total. The second-order valence-electron chi connectivity index (χ2n) is 9.53. The van der Waals surface area contributed by atoms with Crippen molar-refractivity contribution in [3.63, 3.8) is 0 Å². The van der Waals surface area contributed by atoms with Crippen molar-refractivity contribution in [3.05, 3.63) is 45.8 Å². The van der Waals surface area contributed by atoms with Gasteiger partial charge in [-0.1, -0.05) is 0 Å². The van der Waals surface area contributed by atoms with Crippen LogP contribution in [-0.2, 0) is 21.5 Å². The molecule has 2 aromatic rings. The van der Waals surface area contributed by atoms with Crippen LogP contribution in [0.3, 0.4) is 0 Å². The quantitative estimate of drug-likeness (QED) is 0.591. The summed E-state index contributed by atoms with van der Waals surface area (Å²) in [5, 5.41) is 16.6. The molecule has 4 rings (SSSR count). The van der Waals surface area contributed by atoms with Gasteiger partial charge >= 0.3 is 5.97 Å². The minimum Gasteiger partial charge on any atom is -0.478 e. The van der Waals surface area contributed by atoms with E-state index in [-0.39, 0.29) is 11.5 Å². The van der Waals surface area contributed by atoms with Gasteiger partial charge in [0.2, 0.25) is 0 Å². The smallest absolute Gasteiger partial charge is 0.339 e. The van der Waals surface area contributed by atoms with Crippen LogP contribution in [0.2, 0.25) is 0 Å². The number of carbonyl (C=O) groups excluding carboxylic acids is 1. The predicted molar refractivity (Wildman–Crippen MR) is 125 cm³/mol. The highest BCUT2D eigenvalue weighted by Crippen LogP contribution is 2.48. The summed E-state index contributed by atoms with van der Waals surface area (Å²) in [5.41, 5.74) is 1.21. The van der Waals surface area contributed by atoms with E-state index in [4.69, 9.17) is 9.47 Å². The van der Waals surface area contributed by atoms with Crippen LogP contribution in [0, 0.1) is 0 Å². The summed E-state index contributed by atoms with van der Waals surface area (Å²) in [7, 11) is 0. The minimum absolute atomic E-state index is 0.167. The Hall–Kier alpha value is -2.42. The van der Waals surface area contributed by atoms with Gasteiger partial charge < -0.3 is 25.2 Å². The Balaban J connectivity index is 1.54. The van der Waals surface area contributed by atoms with Crippen LogP contribution in [0.4, 0.5) is 10.7 Å². The van der Waals surface area contributed by atoms with Crippen LogP contribution in [0.5, 0.6) is 0 Å². The Kier molecular flexibility index (Phi) is 6.04. The summed E-state index contributed by atoms with van der Waals surface area (Å²) >= 11 is 1.29. The lowest BCUT2D eigenvalue weighted by Crippen LogP contribution is -2.41. The van der Waals surface area contributed by atoms with E-state index in [0.717, 1.165) is 42.2 Å². The average molecular weight is 459 g/mol. The fourth-order valence-corrected chi connectivity index (χ4v) is 5.85. The third-order valence-corrected chi connectivity index (χ3v) is 7.32. The number of nitrogens with one attached hydrogen (secondary N) is 2. The molecule has 172 valence electrons. The van der Waals surface area contributed by atoms with Gasteiger partial charge in [-0.25, -0.2) is 4.79 Å². The van der Waals surface area contributed by atoms with E-state index in [1.165, 1.54) is 11.3 Å². The molecule has 2 aliphatic heterocycles. The van der Waals surface area contributed by atoms with Crippen molar-refractivity contribution in [1.29, 1.82) is 0 Å². The Labute approximate surface area is 192 Å². The maximum Gasteiger partial charge on any atom is 0.339 e. The molecule has 1 fully saturated rings. The molecule has 32 heavy (non-hydrogen) atoms. The second-order valence-corrected chi connectivity index (χ2v) is 10.6. The molecule has 1 saturated heterocycles. The van der Waals surface area contributed by atoms with Gasteiger partial charge in [-0.2, -0.15) is 0 Å². The first kappa shape index (κ1) is 22.8. The Morgan fingerprint density at radius 3 is 2.38 bits per heavy atom. The number of hydrogen-bond donors (Lipinski definition) is 3. The summed E-state index contributed by atoms with van der Waals surface area (Å²) in [6.45, 7) is 9.29. The maximum atomic E-state index is 12.9. The zero-order valence-electron chi connectivity index (χ0n) is 18.9. The average Bonchev–Trinajstić information content (AvgIpc) is 3.06. The van der Waals surface area contributed by atoms with Gasteiger partial charge in [0.15, 0.2) is 0 Å². The number of hydrogen-bond acceptors (Lipinski definition) is 6. The van der Waals surface area contributed by atoms with Crippen LogP contribution in [-0.4, -0.2) is 41.8 Å². The number of aromatic carboxylic acids is 1. The Morgan fingerprint density at radius 2 is 1.75 bits per heavy atom. The highest BCUT2D eigenvalue weighted by Gasteiger charge is 2.43. The summed E-state index contributed by atoms with van der Waals surface area (Å²) in [6.07, 6.45) is 2.40. The highest BCUT2D eigenvalue weighted by atomic mass is 32.1. The molecule has 3 heterocycles. The first-order valence-corrected chi connectivity index (χ1v) is 11.7. The maximum absolute atomic E-state index is 12.9. The number of carbonyl (C=O) groups is 2. The number of rotatable bonds is 5. The van der Waals surface area contributed by atoms with Crippen molar-refractivity contribution in [3.8, 4) is 0 Å². The lowest BCUT2D eigenvalue weighted by molar-refractivity contribution is -0.135. The van der Waals surface area contributed by atoms with Crippen molar-refractivity contribution >= 4 is 33.9 Å². The molecular weight excluding hydrogens is 428 g/mol. The van der Waals surface area contributed by atoms with Crippen LogP contribution in [0.15, 0.2) is 24.3 Å². The Bertz CT molecular complexity index is 1020. The number of amides is 1. The molecule has 1 aromatic carbocycles. The number of anilines is 2. The summed E-state index contributed by atoms with van der Waals surface area (Å²) < 4.78 is 11.6. The number of fused-ring (bicyclic) bond motifs is 1. The minimum atomic E-state index is -1.04.